The summed E-state index contributed by atoms with van der Waals surface area (Å²) < 4.78 is 37.3. The van der Waals surface area contributed by atoms with Crippen molar-refractivity contribution in [3.8, 4) is 0 Å². The molecule has 0 radical (unpaired) electrons. The molecule has 0 unspecified atom stereocenters. The zero-order valence-electron chi connectivity index (χ0n) is 10.4. The standard InChI is InChI=1S/C12H15F3N2O/c1-11(2,3)16-7-9(18)8-5-4-6-10(17-8)12(13,14)15/h4-6,16H,7H2,1-3H3. The normalized spacial score (nSPS) is 12.6. The first-order valence-corrected chi connectivity index (χ1v) is 5.42. The molecular formula is C12H15F3N2O. The Hall–Kier alpha value is -1.43. The Bertz CT molecular complexity index is 436. The molecule has 0 aliphatic carbocycles. The number of ketones is 1. The maximum atomic E-state index is 12.4. The van der Waals surface area contributed by atoms with Gasteiger partial charge < -0.3 is 5.32 Å². The molecule has 0 spiro atoms. The number of hydrogen-bond acceptors (Lipinski definition) is 3. The summed E-state index contributed by atoms with van der Waals surface area (Å²) in [6.07, 6.45) is -4.53. The van der Waals surface area contributed by atoms with Gasteiger partial charge in [0.05, 0.1) is 6.54 Å². The quantitative estimate of drug-likeness (QED) is 0.849. The van der Waals surface area contributed by atoms with E-state index in [1.165, 1.54) is 12.1 Å². The van der Waals surface area contributed by atoms with Gasteiger partial charge in [-0.1, -0.05) is 6.07 Å². The molecule has 1 rings (SSSR count). The topological polar surface area (TPSA) is 42.0 Å². The van der Waals surface area contributed by atoms with E-state index in [2.05, 4.69) is 10.3 Å². The summed E-state index contributed by atoms with van der Waals surface area (Å²) in [6.45, 7) is 5.54. The summed E-state index contributed by atoms with van der Waals surface area (Å²) in [5, 5.41) is 2.91. The summed E-state index contributed by atoms with van der Waals surface area (Å²) in [7, 11) is 0. The van der Waals surface area contributed by atoms with Gasteiger partial charge in [0, 0.05) is 5.54 Å². The predicted molar refractivity (Wildman–Crippen MR) is 61.3 cm³/mol. The van der Waals surface area contributed by atoms with Crippen molar-refractivity contribution < 1.29 is 18.0 Å². The number of aromatic nitrogens is 1. The van der Waals surface area contributed by atoms with E-state index in [1.807, 2.05) is 20.8 Å². The molecule has 1 aromatic heterocycles. The summed E-state index contributed by atoms with van der Waals surface area (Å²) in [6, 6.07) is 3.30. The molecule has 18 heavy (non-hydrogen) atoms. The molecule has 0 bridgehead atoms. The number of nitrogens with zero attached hydrogens (tertiary/aromatic N) is 1. The van der Waals surface area contributed by atoms with Crippen LogP contribution in [0.4, 0.5) is 13.2 Å². The summed E-state index contributed by atoms with van der Waals surface area (Å²) in [4.78, 5) is 15.0. The highest BCUT2D eigenvalue weighted by Gasteiger charge is 2.32. The van der Waals surface area contributed by atoms with E-state index in [4.69, 9.17) is 0 Å². The van der Waals surface area contributed by atoms with Crippen molar-refractivity contribution in [2.24, 2.45) is 0 Å². The largest absolute Gasteiger partial charge is 0.433 e. The molecule has 0 saturated carbocycles. The second-order valence-corrected chi connectivity index (χ2v) is 4.93. The lowest BCUT2D eigenvalue weighted by Gasteiger charge is -2.19. The van der Waals surface area contributed by atoms with Gasteiger partial charge in [0.15, 0.2) is 5.78 Å². The molecule has 100 valence electrons. The molecule has 0 aromatic carbocycles. The van der Waals surface area contributed by atoms with Crippen LogP contribution in [0, 0.1) is 0 Å². The van der Waals surface area contributed by atoms with E-state index in [-0.39, 0.29) is 17.8 Å². The first-order chi connectivity index (χ1) is 8.09. The summed E-state index contributed by atoms with van der Waals surface area (Å²) >= 11 is 0. The highest BCUT2D eigenvalue weighted by molar-refractivity contribution is 5.95. The van der Waals surface area contributed by atoms with Crippen molar-refractivity contribution in [2.45, 2.75) is 32.5 Å². The van der Waals surface area contributed by atoms with Gasteiger partial charge in [-0.15, -0.1) is 0 Å². The second-order valence-electron chi connectivity index (χ2n) is 4.93. The van der Waals surface area contributed by atoms with Gasteiger partial charge in [-0.05, 0) is 32.9 Å². The lowest BCUT2D eigenvalue weighted by Crippen LogP contribution is -2.39. The van der Waals surface area contributed by atoms with E-state index in [0.717, 1.165) is 6.07 Å². The number of halogens is 3. The van der Waals surface area contributed by atoms with E-state index in [1.54, 1.807) is 0 Å². The SMILES string of the molecule is CC(C)(C)NCC(=O)c1cccc(C(F)(F)F)n1. The Morgan fingerprint density at radius 1 is 1.28 bits per heavy atom. The third kappa shape index (κ3) is 4.44. The Balaban J connectivity index is 2.81. The van der Waals surface area contributed by atoms with Crippen molar-refractivity contribution in [3.63, 3.8) is 0 Å². The van der Waals surface area contributed by atoms with Gasteiger partial charge in [0.25, 0.3) is 0 Å². The number of carbonyl (C=O) groups excluding carboxylic acids is 1. The van der Waals surface area contributed by atoms with Crippen molar-refractivity contribution in [1.82, 2.24) is 10.3 Å². The van der Waals surface area contributed by atoms with E-state index in [9.17, 15) is 18.0 Å². The first-order valence-electron chi connectivity index (χ1n) is 5.42. The fraction of sp³-hybridized carbons (Fsp3) is 0.500. The lowest BCUT2D eigenvalue weighted by atomic mass is 10.1. The monoisotopic (exact) mass is 260 g/mol. The van der Waals surface area contributed by atoms with Crippen LogP contribution in [-0.2, 0) is 6.18 Å². The van der Waals surface area contributed by atoms with Crippen LogP contribution in [-0.4, -0.2) is 22.9 Å². The zero-order valence-corrected chi connectivity index (χ0v) is 10.4. The third-order valence-electron chi connectivity index (χ3n) is 2.10. The number of pyridine rings is 1. The summed E-state index contributed by atoms with van der Waals surface area (Å²) in [5.74, 6) is -0.462. The molecule has 0 saturated heterocycles. The van der Waals surface area contributed by atoms with Crippen LogP contribution >= 0.6 is 0 Å². The van der Waals surface area contributed by atoms with Crippen LogP contribution in [0.3, 0.4) is 0 Å². The molecule has 0 atom stereocenters. The smallest absolute Gasteiger partial charge is 0.305 e. The predicted octanol–water partition coefficient (Wildman–Crippen LogP) is 2.67. The van der Waals surface area contributed by atoms with E-state index < -0.39 is 17.7 Å². The zero-order chi connectivity index (χ0) is 14.0. The van der Waals surface area contributed by atoms with E-state index in [0.29, 0.717) is 0 Å². The molecule has 1 aromatic rings. The van der Waals surface area contributed by atoms with Gasteiger partial charge in [0.1, 0.15) is 11.4 Å². The molecule has 0 amide bonds. The Morgan fingerprint density at radius 3 is 2.39 bits per heavy atom. The van der Waals surface area contributed by atoms with Crippen molar-refractivity contribution in [3.05, 3.63) is 29.6 Å². The average molecular weight is 260 g/mol. The second kappa shape index (κ2) is 5.06. The fourth-order valence-corrected chi connectivity index (χ4v) is 1.18. The molecule has 6 heteroatoms. The van der Waals surface area contributed by atoms with Crippen LogP contribution in [0.1, 0.15) is 37.0 Å². The van der Waals surface area contributed by atoms with Crippen LogP contribution in [0.5, 0.6) is 0 Å². The number of rotatable bonds is 3. The van der Waals surface area contributed by atoms with Gasteiger partial charge in [0.2, 0.25) is 0 Å². The minimum Gasteiger partial charge on any atom is -0.305 e. The lowest BCUT2D eigenvalue weighted by molar-refractivity contribution is -0.141. The Morgan fingerprint density at radius 2 is 1.89 bits per heavy atom. The molecule has 3 nitrogen and oxygen atoms in total. The molecule has 1 heterocycles. The van der Waals surface area contributed by atoms with Crippen molar-refractivity contribution in [2.75, 3.05) is 6.54 Å². The molecule has 0 fully saturated rings. The number of hydrogen-bond donors (Lipinski definition) is 1. The molecule has 0 aliphatic heterocycles. The average Bonchev–Trinajstić information content (AvgIpc) is 2.24. The van der Waals surface area contributed by atoms with Crippen LogP contribution < -0.4 is 5.32 Å². The van der Waals surface area contributed by atoms with Crippen molar-refractivity contribution in [1.29, 1.82) is 0 Å². The molecule has 0 aliphatic rings. The number of Topliss-reactive ketones (excluding diaryl/α,β-unsaturated/α-hetero) is 1. The number of carbonyl (C=O) groups is 1. The van der Waals surface area contributed by atoms with Gasteiger partial charge >= 0.3 is 6.18 Å². The minimum atomic E-state index is -4.53. The summed E-state index contributed by atoms with van der Waals surface area (Å²) in [5.41, 5.74) is -1.51. The first kappa shape index (κ1) is 14.6. The van der Waals surface area contributed by atoms with Crippen LogP contribution in [0.25, 0.3) is 0 Å². The van der Waals surface area contributed by atoms with Crippen molar-refractivity contribution >= 4 is 5.78 Å². The van der Waals surface area contributed by atoms with E-state index >= 15 is 0 Å². The molecular weight excluding hydrogens is 245 g/mol. The van der Waals surface area contributed by atoms with Gasteiger partial charge in [-0.2, -0.15) is 13.2 Å². The van der Waals surface area contributed by atoms with Gasteiger partial charge in [-0.25, -0.2) is 4.98 Å². The van der Waals surface area contributed by atoms with Crippen LogP contribution in [0.15, 0.2) is 18.2 Å². The Labute approximate surface area is 103 Å². The van der Waals surface area contributed by atoms with Gasteiger partial charge in [-0.3, -0.25) is 4.79 Å². The maximum Gasteiger partial charge on any atom is 0.433 e. The molecule has 1 N–H and O–H groups in total. The Kier molecular flexibility index (Phi) is 4.11. The maximum absolute atomic E-state index is 12.4. The third-order valence-corrected chi connectivity index (χ3v) is 2.10. The number of nitrogens with one attached hydrogen (secondary N) is 1. The van der Waals surface area contributed by atoms with Crippen LogP contribution in [0.2, 0.25) is 0 Å². The number of alkyl halides is 3. The fourth-order valence-electron chi connectivity index (χ4n) is 1.18. The highest BCUT2D eigenvalue weighted by Crippen LogP contribution is 2.27. The highest BCUT2D eigenvalue weighted by atomic mass is 19.4. The minimum absolute atomic E-state index is 0.0438.